The first-order chi connectivity index (χ1) is 7.65. The molecule has 0 bridgehead atoms. The van der Waals surface area contributed by atoms with E-state index in [0.717, 1.165) is 32.3 Å². The van der Waals surface area contributed by atoms with Gasteiger partial charge < -0.3 is 15.0 Å². The molecule has 5 nitrogen and oxygen atoms in total. The molecule has 0 spiro atoms. The Bertz CT molecular complexity index is 345. The van der Waals surface area contributed by atoms with Crippen molar-refractivity contribution in [2.75, 3.05) is 6.61 Å². The van der Waals surface area contributed by atoms with E-state index >= 15 is 0 Å². The van der Waals surface area contributed by atoms with E-state index in [1.807, 2.05) is 6.92 Å². The second kappa shape index (κ2) is 4.51. The second-order valence-corrected chi connectivity index (χ2v) is 4.53. The zero-order valence-corrected chi connectivity index (χ0v) is 9.90. The topological polar surface area (TPSA) is 74.2 Å². The number of nitrogens with zero attached hydrogens (tertiary/aromatic N) is 2. The fraction of sp³-hybridized carbons (Fsp3) is 0.818. The zero-order chi connectivity index (χ0) is 11.6. The van der Waals surface area contributed by atoms with Crippen LogP contribution in [0.4, 0.5) is 0 Å². The molecule has 5 heteroatoms. The van der Waals surface area contributed by atoms with Crippen molar-refractivity contribution in [1.29, 1.82) is 0 Å². The molecule has 16 heavy (non-hydrogen) atoms. The van der Waals surface area contributed by atoms with Crippen LogP contribution in [0.2, 0.25) is 0 Å². The fourth-order valence-electron chi connectivity index (χ4n) is 1.99. The molecule has 2 rings (SSSR count). The van der Waals surface area contributed by atoms with Gasteiger partial charge >= 0.3 is 0 Å². The van der Waals surface area contributed by atoms with E-state index in [-0.39, 0.29) is 11.6 Å². The molecule has 1 aliphatic rings. The van der Waals surface area contributed by atoms with Crippen molar-refractivity contribution in [3.05, 3.63) is 11.7 Å². The highest BCUT2D eigenvalue weighted by Gasteiger charge is 2.37. The van der Waals surface area contributed by atoms with Gasteiger partial charge in [0.25, 0.3) is 0 Å². The summed E-state index contributed by atoms with van der Waals surface area (Å²) in [6.45, 7) is 4.85. The molecule has 1 unspecified atom stereocenters. The van der Waals surface area contributed by atoms with E-state index in [1.165, 1.54) is 0 Å². The van der Waals surface area contributed by atoms with Crippen molar-refractivity contribution in [2.45, 2.75) is 51.2 Å². The van der Waals surface area contributed by atoms with Crippen LogP contribution in [-0.2, 0) is 10.3 Å². The van der Waals surface area contributed by atoms with Crippen molar-refractivity contribution in [2.24, 2.45) is 5.73 Å². The van der Waals surface area contributed by atoms with E-state index < -0.39 is 0 Å². The SMILES string of the molecule is CCC[C@H](N)c1nc(C2(C)CCCO2)no1. The lowest BCUT2D eigenvalue weighted by Crippen LogP contribution is -2.22. The summed E-state index contributed by atoms with van der Waals surface area (Å²) in [6.07, 6.45) is 3.85. The van der Waals surface area contributed by atoms with Gasteiger partial charge in [-0.1, -0.05) is 18.5 Å². The smallest absolute Gasteiger partial charge is 0.243 e. The van der Waals surface area contributed by atoms with Crippen molar-refractivity contribution >= 4 is 0 Å². The first-order valence-corrected chi connectivity index (χ1v) is 5.89. The number of hydrogen-bond acceptors (Lipinski definition) is 5. The molecule has 1 fully saturated rings. The molecule has 2 atom stereocenters. The molecule has 0 aliphatic carbocycles. The Kier molecular flexibility index (Phi) is 3.25. The van der Waals surface area contributed by atoms with Gasteiger partial charge in [0.05, 0.1) is 6.04 Å². The van der Waals surface area contributed by atoms with E-state index in [0.29, 0.717) is 11.7 Å². The maximum absolute atomic E-state index is 5.92. The second-order valence-electron chi connectivity index (χ2n) is 4.53. The predicted molar refractivity (Wildman–Crippen MR) is 58.7 cm³/mol. The molecule has 0 aromatic carbocycles. The van der Waals surface area contributed by atoms with Gasteiger partial charge in [0.15, 0.2) is 0 Å². The minimum atomic E-state index is -0.381. The third-order valence-electron chi connectivity index (χ3n) is 3.05. The standard InChI is InChI=1S/C11H19N3O2/c1-3-5-8(12)9-13-10(14-16-9)11(2)6-4-7-15-11/h8H,3-7,12H2,1-2H3/t8-,11?/m0/s1. The Morgan fingerprint density at radius 1 is 1.56 bits per heavy atom. The summed E-state index contributed by atoms with van der Waals surface area (Å²) in [7, 11) is 0. The predicted octanol–water partition coefficient (Wildman–Crippen LogP) is 1.90. The van der Waals surface area contributed by atoms with Crippen LogP contribution in [0, 0.1) is 0 Å². The summed E-state index contributed by atoms with van der Waals surface area (Å²) in [6, 6.07) is -0.156. The summed E-state index contributed by atoms with van der Waals surface area (Å²) in [4.78, 5) is 4.35. The normalized spacial score (nSPS) is 27.2. The number of rotatable bonds is 4. The van der Waals surface area contributed by atoms with E-state index in [2.05, 4.69) is 17.1 Å². The van der Waals surface area contributed by atoms with Crippen LogP contribution in [-0.4, -0.2) is 16.7 Å². The third-order valence-corrected chi connectivity index (χ3v) is 3.05. The summed E-state index contributed by atoms with van der Waals surface area (Å²) >= 11 is 0. The van der Waals surface area contributed by atoms with Crippen LogP contribution in [0.3, 0.4) is 0 Å². The molecule has 0 amide bonds. The van der Waals surface area contributed by atoms with Gasteiger partial charge in [-0.3, -0.25) is 0 Å². The molecule has 90 valence electrons. The summed E-state index contributed by atoms with van der Waals surface area (Å²) in [5, 5.41) is 3.98. The molecule has 1 saturated heterocycles. The van der Waals surface area contributed by atoms with Crippen LogP contribution in [0.5, 0.6) is 0 Å². The number of aromatic nitrogens is 2. The van der Waals surface area contributed by atoms with Gasteiger partial charge in [0.2, 0.25) is 11.7 Å². The van der Waals surface area contributed by atoms with Crippen LogP contribution < -0.4 is 5.73 Å². The zero-order valence-electron chi connectivity index (χ0n) is 9.90. The minimum Gasteiger partial charge on any atom is -0.367 e. The largest absolute Gasteiger partial charge is 0.367 e. The molecular formula is C11H19N3O2. The molecule has 2 N–H and O–H groups in total. The van der Waals surface area contributed by atoms with Crippen molar-refractivity contribution in [3.63, 3.8) is 0 Å². The maximum Gasteiger partial charge on any atom is 0.243 e. The molecule has 0 saturated carbocycles. The molecular weight excluding hydrogens is 206 g/mol. The summed E-state index contributed by atoms with van der Waals surface area (Å²) in [5.41, 5.74) is 5.54. The molecule has 0 radical (unpaired) electrons. The number of ether oxygens (including phenoxy) is 1. The molecule has 1 aromatic rings. The highest BCUT2D eigenvalue weighted by Crippen LogP contribution is 2.34. The Morgan fingerprint density at radius 3 is 3.00 bits per heavy atom. The Labute approximate surface area is 95.3 Å². The van der Waals surface area contributed by atoms with Crippen LogP contribution in [0.25, 0.3) is 0 Å². The van der Waals surface area contributed by atoms with Gasteiger partial charge in [-0.05, 0) is 26.2 Å². The highest BCUT2D eigenvalue weighted by molar-refractivity contribution is 5.03. The Morgan fingerprint density at radius 2 is 2.38 bits per heavy atom. The minimum absolute atomic E-state index is 0.156. The van der Waals surface area contributed by atoms with Crippen molar-refractivity contribution in [3.8, 4) is 0 Å². The number of nitrogens with two attached hydrogens (primary N) is 1. The highest BCUT2D eigenvalue weighted by atomic mass is 16.5. The van der Waals surface area contributed by atoms with E-state index in [9.17, 15) is 0 Å². The van der Waals surface area contributed by atoms with Crippen LogP contribution in [0.1, 0.15) is 57.3 Å². The van der Waals surface area contributed by atoms with Crippen molar-refractivity contribution < 1.29 is 9.26 Å². The van der Waals surface area contributed by atoms with E-state index in [1.54, 1.807) is 0 Å². The average Bonchev–Trinajstić information content (AvgIpc) is 2.86. The Hall–Kier alpha value is -0.940. The van der Waals surface area contributed by atoms with E-state index in [4.69, 9.17) is 15.0 Å². The van der Waals surface area contributed by atoms with Gasteiger partial charge in [-0.25, -0.2) is 0 Å². The first-order valence-electron chi connectivity index (χ1n) is 5.89. The Balaban J connectivity index is 2.12. The van der Waals surface area contributed by atoms with Gasteiger partial charge in [-0.2, -0.15) is 4.98 Å². The number of hydrogen-bond donors (Lipinski definition) is 1. The lowest BCUT2D eigenvalue weighted by molar-refractivity contribution is 0.00768. The maximum atomic E-state index is 5.92. The van der Waals surface area contributed by atoms with Crippen LogP contribution >= 0.6 is 0 Å². The quantitative estimate of drug-likeness (QED) is 0.847. The summed E-state index contributed by atoms with van der Waals surface area (Å²) in [5.74, 6) is 1.15. The lowest BCUT2D eigenvalue weighted by atomic mass is 10.0. The molecule has 2 heterocycles. The van der Waals surface area contributed by atoms with Crippen LogP contribution in [0.15, 0.2) is 4.52 Å². The van der Waals surface area contributed by atoms with Crippen molar-refractivity contribution in [1.82, 2.24) is 10.1 Å². The average molecular weight is 225 g/mol. The third kappa shape index (κ3) is 2.10. The fourth-order valence-corrected chi connectivity index (χ4v) is 1.99. The monoisotopic (exact) mass is 225 g/mol. The summed E-state index contributed by atoms with van der Waals surface area (Å²) < 4.78 is 10.8. The molecule has 1 aliphatic heterocycles. The van der Waals surface area contributed by atoms with Gasteiger partial charge in [0, 0.05) is 6.61 Å². The first kappa shape index (κ1) is 11.5. The molecule has 1 aromatic heterocycles. The van der Waals surface area contributed by atoms with Gasteiger partial charge in [-0.15, -0.1) is 0 Å². The lowest BCUT2D eigenvalue weighted by Gasteiger charge is -2.17. The van der Waals surface area contributed by atoms with Gasteiger partial charge in [0.1, 0.15) is 5.60 Å².